The number of carbonyl (C=O) groups excluding carboxylic acids is 1. The van der Waals surface area contributed by atoms with Gasteiger partial charge in [-0.25, -0.2) is 9.18 Å². The largest absolute Gasteiger partial charge is 0.358 e. The van der Waals surface area contributed by atoms with Crippen molar-refractivity contribution in [3.63, 3.8) is 0 Å². The second-order valence-corrected chi connectivity index (χ2v) is 6.44. The first-order chi connectivity index (χ1) is 12.6. The number of urea groups is 1. The fourth-order valence-electron chi connectivity index (χ4n) is 2.73. The molecule has 2 N–H and O–H groups in total. The third kappa shape index (κ3) is 4.92. The predicted octanol–water partition coefficient (Wildman–Crippen LogP) is 3.05. The molecule has 0 spiro atoms. The van der Waals surface area contributed by atoms with Crippen LogP contribution in [0.5, 0.6) is 0 Å². The van der Waals surface area contributed by atoms with Crippen molar-refractivity contribution in [2.24, 2.45) is 0 Å². The molecule has 2 amide bonds. The Hall–Kier alpha value is -2.67. The highest BCUT2D eigenvalue weighted by atomic mass is 32.1. The molecule has 0 saturated carbocycles. The standard InChI is InChI=1S/C19H21FN4OS/c20-16-8-6-15(7-9-16)14-21-19(26)24-12-10-23(11-13-24)18(25)22-17-4-2-1-3-5-17/h1-9H,10-14H2,(H,21,26)(H,22,25). The van der Waals surface area contributed by atoms with Crippen LogP contribution in [-0.2, 0) is 6.54 Å². The van der Waals surface area contributed by atoms with Crippen molar-refractivity contribution in [1.29, 1.82) is 0 Å². The number of rotatable bonds is 3. The van der Waals surface area contributed by atoms with Gasteiger partial charge in [-0.15, -0.1) is 0 Å². The molecule has 26 heavy (non-hydrogen) atoms. The summed E-state index contributed by atoms with van der Waals surface area (Å²) < 4.78 is 12.9. The Labute approximate surface area is 157 Å². The summed E-state index contributed by atoms with van der Waals surface area (Å²) in [5.41, 5.74) is 1.76. The van der Waals surface area contributed by atoms with Gasteiger partial charge in [0.15, 0.2) is 5.11 Å². The second kappa shape index (κ2) is 8.62. The van der Waals surface area contributed by atoms with Crippen LogP contribution in [0.15, 0.2) is 54.6 Å². The van der Waals surface area contributed by atoms with Crippen LogP contribution in [0, 0.1) is 5.82 Å². The van der Waals surface area contributed by atoms with E-state index in [0.29, 0.717) is 37.8 Å². The van der Waals surface area contributed by atoms with Crippen LogP contribution in [0.1, 0.15) is 5.56 Å². The zero-order valence-corrected chi connectivity index (χ0v) is 15.1. The van der Waals surface area contributed by atoms with Gasteiger partial charge in [0.1, 0.15) is 5.82 Å². The lowest BCUT2D eigenvalue weighted by atomic mass is 10.2. The van der Waals surface area contributed by atoms with Gasteiger partial charge in [-0.05, 0) is 42.0 Å². The first kappa shape index (κ1) is 18.1. The van der Waals surface area contributed by atoms with Gasteiger partial charge in [0, 0.05) is 38.4 Å². The number of benzene rings is 2. The van der Waals surface area contributed by atoms with Crippen molar-refractivity contribution in [2.75, 3.05) is 31.5 Å². The van der Waals surface area contributed by atoms with Gasteiger partial charge < -0.3 is 20.4 Å². The average Bonchev–Trinajstić information content (AvgIpc) is 2.68. The van der Waals surface area contributed by atoms with Crippen molar-refractivity contribution in [3.05, 3.63) is 66.0 Å². The SMILES string of the molecule is O=C(Nc1ccccc1)N1CCN(C(=S)NCc2ccc(F)cc2)CC1. The van der Waals surface area contributed by atoms with Gasteiger partial charge in [-0.2, -0.15) is 0 Å². The van der Waals surface area contributed by atoms with Gasteiger partial charge in [0.25, 0.3) is 0 Å². The van der Waals surface area contributed by atoms with E-state index in [4.69, 9.17) is 12.2 Å². The summed E-state index contributed by atoms with van der Waals surface area (Å²) in [5.74, 6) is -0.249. The zero-order chi connectivity index (χ0) is 18.4. The molecule has 0 aliphatic carbocycles. The Balaban J connectivity index is 1.43. The van der Waals surface area contributed by atoms with Crippen molar-refractivity contribution < 1.29 is 9.18 Å². The Morgan fingerprint density at radius 2 is 1.58 bits per heavy atom. The molecule has 2 aromatic rings. The molecule has 0 radical (unpaired) electrons. The molecule has 0 atom stereocenters. The summed E-state index contributed by atoms with van der Waals surface area (Å²) >= 11 is 5.43. The van der Waals surface area contributed by atoms with Crippen LogP contribution in [0.4, 0.5) is 14.9 Å². The maximum Gasteiger partial charge on any atom is 0.321 e. The molecule has 3 rings (SSSR count). The molecule has 7 heteroatoms. The maximum atomic E-state index is 12.9. The number of halogens is 1. The van der Waals surface area contributed by atoms with Crippen molar-refractivity contribution in [3.8, 4) is 0 Å². The number of amides is 2. The summed E-state index contributed by atoms with van der Waals surface area (Å²) in [7, 11) is 0. The number of para-hydroxylation sites is 1. The van der Waals surface area contributed by atoms with E-state index < -0.39 is 0 Å². The molecule has 1 aliphatic rings. The van der Waals surface area contributed by atoms with Gasteiger partial charge in [0.2, 0.25) is 0 Å². The van der Waals surface area contributed by atoms with E-state index >= 15 is 0 Å². The van der Waals surface area contributed by atoms with E-state index in [1.165, 1.54) is 12.1 Å². The topological polar surface area (TPSA) is 47.6 Å². The molecule has 136 valence electrons. The number of nitrogens with one attached hydrogen (secondary N) is 2. The number of anilines is 1. The van der Waals surface area contributed by atoms with E-state index in [2.05, 4.69) is 10.6 Å². The molecule has 1 fully saturated rings. The van der Waals surface area contributed by atoms with Crippen LogP contribution in [0.25, 0.3) is 0 Å². The molecule has 0 aromatic heterocycles. The van der Waals surface area contributed by atoms with Crippen LogP contribution < -0.4 is 10.6 Å². The minimum Gasteiger partial charge on any atom is -0.358 e. The molecule has 2 aromatic carbocycles. The molecular weight excluding hydrogens is 351 g/mol. The molecule has 1 heterocycles. The van der Waals surface area contributed by atoms with Crippen LogP contribution in [0.3, 0.4) is 0 Å². The summed E-state index contributed by atoms with van der Waals surface area (Å²) in [6, 6.07) is 15.7. The van der Waals surface area contributed by atoms with Crippen molar-refractivity contribution in [2.45, 2.75) is 6.54 Å². The lowest BCUT2D eigenvalue weighted by Crippen LogP contribution is -2.53. The Morgan fingerprint density at radius 1 is 0.962 bits per heavy atom. The molecule has 1 saturated heterocycles. The third-order valence-corrected chi connectivity index (χ3v) is 4.64. The van der Waals surface area contributed by atoms with E-state index in [1.54, 1.807) is 17.0 Å². The molecule has 0 bridgehead atoms. The normalized spacial score (nSPS) is 14.0. The number of carbonyl (C=O) groups is 1. The van der Waals surface area contributed by atoms with E-state index in [9.17, 15) is 9.18 Å². The lowest BCUT2D eigenvalue weighted by Gasteiger charge is -2.36. The van der Waals surface area contributed by atoms with Gasteiger partial charge in [0.05, 0.1) is 0 Å². The van der Waals surface area contributed by atoms with Crippen molar-refractivity contribution in [1.82, 2.24) is 15.1 Å². The summed E-state index contributed by atoms with van der Waals surface area (Å²) in [6.45, 7) is 3.12. The summed E-state index contributed by atoms with van der Waals surface area (Å²) in [5, 5.41) is 6.73. The zero-order valence-electron chi connectivity index (χ0n) is 14.3. The minimum atomic E-state index is -0.249. The molecule has 5 nitrogen and oxygen atoms in total. The van der Waals surface area contributed by atoms with Gasteiger partial charge >= 0.3 is 6.03 Å². The van der Waals surface area contributed by atoms with Crippen LogP contribution in [-0.4, -0.2) is 47.1 Å². The van der Waals surface area contributed by atoms with Gasteiger partial charge in [-0.3, -0.25) is 0 Å². The monoisotopic (exact) mass is 372 g/mol. The van der Waals surface area contributed by atoms with E-state index in [-0.39, 0.29) is 11.8 Å². The Bertz CT molecular complexity index is 746. The Morgan fingerprint density at radius 3 is 2.23 bits per heavy atom. The highest BCUT2D eigenvalue weighted by Crippen LogP contribution is 2.09. The van der Waals surface area contributed by atoms with E-state index in [1.807, 2.05) is 35.2 Å². The minimum absolute atomic E-state index is 0.0963. The van der Waals surface area contributed by atoms with E-state index in [0.717, 1.165) is 11.3 Å². The molecule has 1 aliphatic heterocycles. The highest BCUT2D eigenvalue weighted by molar-refractivity contribution is 7.80. The predicted molar refractivity (Wildman–Crippen MR) is 104 cm³/mol. The lowest BCUT2D eigenvalue weighted by molar-refractivity contribution is 0.181. The fraction of sp³-hybridized carbons (Fsp3) is 0.263. The number of hydrogen-bond acceptors (Lipinski definition) is 2. The average molecular weight is 372 g/mol. The number of piperazine rings is 1. The third-order valence-electron chi connectivity index (χ3n) is 4.24. The highest BCUT2D eigenvalue weighted by Gasteiger charge is 2.22. The first-order valence-electron chi connectivity index (χ1n) is 8.50. The fourth-order valence-corrected chi connectivity index (χ4v) is 2.98. The van der Waals surface area contributed by atoms with Gasteiger partial charge in [-0.1, -0.05) is 30.3 Å². The second-order valence-electron chi connectivity index (χ2n) is 6.06. The number of hydrogen-bond donors (Lipinski definition) is 2. The Kier molecular flexibility index (Phi) is 6.01. The molecule has 0 unspecified atom stereocenters. The number of nitrogens with zero attached hydrogens (tertiary/aromatic N) is 2. The maximum absolute atomic E-state index is 12.9. The smallest absolute Gasteiger partial charge is 0.321 e. The molecular formula is C19H21FN4OS. The quantitative estimate of drug-likeness (QED) is 0.813. The summed E-state index contributed by atoms with van der Waals surface area (Å²) in [4.78, 5) is 16.1. The van der Waals surface area contributed by atoms with Crippen LogP contribution in [0.2, 0.25) is 0 Å². The van der Waals surface area contributed by atoms with Crippen molar-refractivity contribution >= 4 is 29.0 Å². The number of thiocarbonyl (C=S) groups is 1. The van der Waals surface area contributed by atoms with Crippen LogP contribution >= 0.6 is 12.2 Å². The first-order valence-corrected chi connectivity index (χ1v) is 8.91. The summed E-state index contributed by atoms with van der Waals surface area (Å²) in [6.07, 6.45) is 0.